The lowest BCUT2D eigenvalue weighted by Gasteiger charge is -2.20. The predicted molar refractivity (Wildman–Crippen MR) is 149 cm³/mol. The summed E-state index contributed by atoms with van der Waals surface area (Å²) >= 11 is 0. The minimum Gasteiger partial charge on any atom is -0.344 e. The summed E-state index contributed by atoms with van der Waals surface area (Å²) in [5, 5.41) is 19.4. The molecule has 0 radical (unpaired) electrons. The van der Waals surface area contributed by atoms with Gasteiger partial charge in [0.15, 0.2) is 0 Å². The maximum absolute atomic E-state index is 13.3. The highest BCUT2D eigenvalue weighted by molar-refractivity contribution is 6.35. The Labute approximate surface area is 231 Å². The lowest BCUT2D eigenvalue weighted by molar-refractivity contribution is -0.139. The molecule has 3 aromatic carbocycles. The maximum Gasteiger partial charge on any atom is 0.310 e. The number of aromatic nitrogens is 1. The molecule has 8 heteroatoms. The van der Waals surface area contributed by atoms with Crippen LogP contribution in [0, 0.1) is 23.2 Å². The van der Waals surface area contributed by atoms with Crippen LogP contribution >= 0.6 is 0 Å². The molecule has 0 atom stereocenters. The van der Waals surface area contributed by atoms with Crippen molar-refractivity contribution in [3.8, 4) is 17.9 Å². The Morgan fingerprint density at radius 3 is 2.35 bits per heavy atom. The number of nitriles is 1. The molecular formula is C32H25N5O3. The Morgan fingerprint density at radius 2 is 1.55 bits per heavy atom. The fourth-order valence-corrected chi connectivity index (χ4v) is 4.44. The molecule has 4 aromatic rings. The van der Waals surface area contributed by atoms with E-state index >= 15 is 0 Å². The van der Waals surface area contributed by atoms with Crippen molar-refractivity contribution < 1.29 is 14.4 Å². The molecule has 0 spiro atoms. The van der Waals surface area contributed by atoms with E-state index in [1.165, 1.54) is 0 Å². The minimum atomic E-state index is -0.844. The fourth-order valence-electron chi connectivity index (χ4n) is 4.44. The van der Waals surface area contributed by atoms with Crippen molar-refractivity contribution in [1.29, 1.82) is 5.26 Å². The Hall–Kier alpha value is -5.47. The van der Waals surface area contributed by atoms with E-state index in [1.54, 1.807) is 42.5 Å². The number of hydrogen-bond donors (Lipinski definition) is 3. The van der Waals surface area contributed by atoms with Crippen LogP contribution < -0.4 is 16.0 Å². The SMILES string of the molecule is N#Cc1cccc(C#CCNC(=O)C(=O)NCc2ccccc2C(=O)NC2(c3ccc4ccccc4c3)CC2)n1. The first-order chi connectivity index (χ1) is 19.5. The number of amides is 3. The number of pyridine rings is 1. The number of hydrogen-bond acceptors (Lipinski definition) is 5. The topological polar surface area (TPSA) is 124 Å². The molecule has 1 fully saturated rings. The standard InChI is InChI=1S/C32H25N5O3/c33-20-27-11-5-10-26(36-27)12-6-18-34-30(39)31(40)35-21-24-9-3-4-13-28(24)29(38)37-32(16-17-32)25-15-14-22-7-1-2-8-23(22)19-25/h1-5,7-11,13-15,19H,16-18,21H2,(H,34,39)(H,35,40)(H,37,38). The Bertz CT molecular complexity index is 1720. The van der Waals surface area contributed by atoms with Gasteiger partial charge in [-0.1, -0.05) is 66.6 Å². The maximum atomic E-state index is 13.3. The smallest absolute Gasteiger partial charge is 0.310 e. The molecule has 3 N–H and O–H groups in total. The van der Waals surface area contributed by atoms with Crippen molar-refractivity contribution in [3.63, 3.8) is 0 Å². The summed E-state index contributed by atoms with van der Waals surface area (Å²) in [6.45, 7) is -0.0596. The number of rotatable bonds is 6. The van der Waals surface area contributed by atoms with Crippen LogP contribution in [0.4, 0.5) is 0 Å². The largest absolute Gasteiger partial charge is 0.344 e. The van der Waals surface area contributed by atoms with E-state index in [2.05, 4.69) is 63.1 Å². The van der Waals surface area contributed by atoms with E-state index in [0.717, 1.165) is 29.2 Å². The van der Waals surface area contributed by atoms with Gasteiger partial charge in [0, 0.05) is 12.1 Å². The first-order valence-electron chi connectivity index (χ1n) is 12.8. The van der Waals surface area contributed by atoms with Crippen LogP contribution in [-0.4, -0.2) is 29.3 Å². The zero-order valence-corrected chi connectivity index (χ0v) is 21.5. The lowest BCUT2D eigenvalue weighted by atomic mass is 9.99. The number of carbonyl (C=O) groups is 3. The highest BCUT2D eigenvalue weighted by Gasteiger charge is 2.46. The van der Waals surface area contributed by atoms with E-state index in [-0.39, 0.29) is 24.7 Å². The van der Waals surface area contributed by atoms with Crippen LogP contribution in [0.2, 0.25) is 0 Å². The molecule has 1 saturated carbocycles. The number of nitrogens with zero attached hydrogens (tertiary/aromatic N) is 2. The second-order valence-corrected chi connectivity index (χ2v) is 9.44. The van der Waals surface area contributed by atoms with Gasteiger partial charge in [-0.15, -0.1) is 0 Å². The van der Waals surface area contributed by atoms with Gasteiger partial charge in [0.1, 0.15) is 17.5 Å². The van der Waals surface area contributed by atoms with Crippen molar-refractivity contribution in [2.24, 2.45) is 0 Å². The second kappa shape index (κ2) is 11.5. The van der Waals surface area contributed by atoms with Gasteiger partial charge in [-0.3, -0.25) is 14.4 Å². The monoisotopic (exact) mass is 527 g/mol. The number of carbonyl (C=O) groups excluding carboxylic acids is 3. The van der Waals surface area contributed by atoms with Crippen molar-refractivity contribution in [1.82, 2.24) is 20.9 Å². The normalized spacial score (nSPS) is 12.8. The van der Waals surface area contributed by atoms with Gasteiger partial charge in [0.05, 0.1) is 12.1 Å². The molecule has 0 unspecified atom stereocenters. The number of fused-ring (bicyclic) bond motifs is 1. The van der Waals surface area contributed by atoms with Crippen molar-refractivity contribution >= 4 is 28.5 Å². The van der Waals surface area contributed by atoms with E-state index in [4.69, 9.17) is 5.26 Å². The summed E-state index contributed by atoms with van der Waals surface area (Å²) in [5.41, 5.74) is 2.32. The van der Waals surface area contributed by atoms with E-state index < -0.39 is 17.4 Å². The van der Waals surface area contributed by atoms with Gasteiger partial charge >= 0.3 is 11.8 Å². The van der Waals surface area contributed by atoms with Crippen LogP contribution in [0.25, 0.3) is 10.8 Å². The molecule has 1 aliphatic rings. The van der Waals surface area contributed by atoms with Crippen LogP contribution in [0.3, 0.4) is 0 Å². The summed E-state index contributed by atoms with van der Waals surface area (Å²) < 4.78 is 0. The molecule has 8 nitrogen and oxygen atoms in total. The van der Waals surface area contributed by atoms with E-state index in [0.29, 0.717) is 16.8 Å². The molecule has 0 bridgehead atoms. The van der Waals surface area contributed by atoms with Gasteiger partial charge in [-0.25, -0.2) is 4.98 Å². The summed E-state index contributed by atoms with van der Waals surface area (Å²) in [5.74, 6) is 3.52. The third-order valence-electron chi connectivity index (χ3n) is 6.73. The number of nitrogens with one attached hydrogen (secondary N) is 3. The Balaban J connectivity index is 1.17. The third kappa shape index (κ3) is 5.98. The van der Waals surface area contributed by atoms with Crippen LogP contribution in [0.15, 0.2) is 84.9 Å². The first-order valence-corrected chi connectivity index (χ1v) is 12.8. The Morgan fingerprint density at radius 1 is 0.825 bits per heavy atom. The minimum absolute atomic E-state index is 0.00930. The van der Waals surface area contributed by atoms with Crippen molar-refractivity contribution in [2.45, 2.75) is 24.9 Å². The summed E-state index contributed by atoms with van der Waals surface area (Å²) in [6.07, 6.45) is 1.69. The molecule has 1 aliphatic carbocycles. The summed E-state index contributed by atoms with van der Waals surface area (Å²) in [4.78, 5) is 41.9. The molecular weight excluding hydrogens is 502 g/mol. The van der Waals surface area contributed by atoms with Crippen LogP contribution in [0.1, 0.15) is 45.7 Å². The van der Waals surface area contributed by atoms with Crippen LogP contribution in [-0.2, 0) is 21.7 Å². The zero-order chi connectivity index (χ0) is 28.0. The molecule has 40 heavy (non-hydrogen) atoms. The van der Waals surface area contributed by atoms with E-state index in [1.807, 2.05) is 18.2 Å². The highest BCUT2D eigenvalue weighted by atomic mass is 16.2. The molecule has 196 valence electrons. The van der Waals surface area contributed by atoms with Gasteiger partial charge in [-0.05, 0) is 64.9 Å². The lowest BCUT2D eigenvalue weighted by Crippen LogP contribution is -2.40. The summed E-state index contributed by atoms with van der Waals surface area (Å²) in [7, 11) is 0. The molecule has 1 aromatic heterocycles. The quantitative estimate of drug-likeness (QED) is 0.262. The van der Waals surface area contributed by atoms with Gasteiger partial charge in [-0.2, -0.15) is 5.26 Å². The van der Waals surface area contributed by atoms with Crippen molar-refractivity contribution in [3.05, 3.63) is 113 Å². The van der Waals surface area contributed by atoms with Crippen molar-refractivity contribution in [2.75, 3.05) is 6.54 Å². The van der Waals surface area contributed by atoms with Crippen LogP contribution in [0.5, 0.6) is 0 Å². The second-order valence-electron chi connectivity index (χ2n) is 9.44. The Kier molecular flexibility index (Phi) is 7.52. The molecule has 0 saturated heterocycles. The number of benzene rings is 3. The van der Waals surface area contributed by atoms with Gasteiger partial charge in [0.2, 0.25) is 0 Å². The molecule has 5 rings (SSSR count). The van der Waals surface area contributed by atoms with E-state index in [9.17, 15) is 14.4 Å². The third-order valence-corrected chi connectivity index (χ3v) is 6.73. The molecule has 1 heterocycles. The first kappa shape index (κ1) is 26.1. The average molecular weight is 528 g/mol. The highest BCUT2D eigenvalue weighted by Crippen LogP contribution is 2.46. The average Bonchev–Trinajstić information content (AvgIpc) is 3.78. The zero-order valence-electron chi connectivity index (χ0n) is 21.5. The fraction of sp³-hybridized carbons (Fsp3) is 0.156. The molecule has 3 amide bonds. The van der Waals surface area contributed by atoms with Gasteiger partial charge in [0.25, 0.3) is 5.91 Å². The predicted octanol–water partition coefficient (Wildman–Crippen LogP) is 3.31. The molecule has 0 aliphatic heterocycles. The summed E-state index contributed by atoms with van der Waals surface area (Å²) in [6, 6.07) is 28.2. The van der Waals surface area contributed by atoms with Gasteiger partial charge < -0.3 is 16.0 Å².